The number of nitrogens with one attached hydrogen (secondary N) is 3. The van der Waals surface area contributed by atoms with Crippen LogP contribution in [0.3, 0.4) is 0 Å². The standard InChI is InChI=1S/C21H32ClN7/c22-18-14-26-20(28-17(11-23)13-25-12-15-1-2-15)29-19(18)27-16-3-5-21(6-4-16)7-9-24-10-8-21/h11,13-16,24H,1-10,12,23H2,(H2,26,27,28,29). The molecule has 2 saturated carbocycles. The van der Waals surface area contributed by atoms with Crippen molar-refractivity contribution in [2.24, 2.45) is 22.1 Å². The smallest absolute Gasteiger partial charge is 0.229 e. The van der Waals surface area contributed by atoms with Crippen LogP contribution in [0.15, 0.2) is 23.1 Å². The lowest BCUT2D eigenvalue weighted by Gasteiger charge is -2.43. The third kappa shape index (κ3) is 5.60. The van der Waals surface area contributed by atoms with Crippen molar-refractivity contribution in [2.75, 3.05) is 30.3 Å². The third-order valence-corrected chi connectivity index (χ3v) is 6.80. The summed E-state index contributed by atoms with van der Waals surface area (Å²) in [6.07, 6.45) is 14.9. The van der Waals surface area contributed by atoms with Crippen LogP contribution in [0.2, 0.25) is 5.02 Å². The van der Waals surface area contributed by atoms with Gasteiger partial charge in [-0.1, -0.05) is 11.6 Å². The van der Waals surface area contributed by atoms with Gasteiger partial charge in [0.15, 0.2) is 5.82 Å². The number of nitrogens with two attached hydrogens (primary N) is 1. The molecule has 29 heavy (non-hydrogen) atoms. The highest BCUT2D eigenvalue weighted by molar-refractivity contribution is 6.32. The Balaban J connectivity index is 1.33. The first kappa shape index (κ1) is 20.4. The minimum atomic E-state index is 0.403. The largest absolute Gasteiger partial charge is 0.403 e. The summed E-state index contributed by atoms with van der Waals surface area (Å²) in [5, 5.41) is 10.7. The summed E-state index contributed by atoms with van der Waals surface area (Å²) >= 11 is 6.36. The molecule has 5 N–H and O–H groups in total. The quantitative estimate of drug-likeness (QED) is 0.506. The Hall–Kier alpha value is -1.86. The third-order valence-electron chi connectivity index (χ3n) is 6.52. The maximum Gasteiger partial charge on any atom is 0.229 e. The fraction of sp³-hybridized carbons (Fsp3) is 0.667. The Morgan fingerprint density at radius 2 is 2.00 bits per heavy atom. The molecule has 1 spiro atoms. The van der Waals surface area contributed by atoms with E-state index in [4.69, 9.17) is 17.3 Å². The van der Waals surface area contributed by atoms with Crippen LogP contribution in [0.5, 0.6) is 0 Å². The molecule has 158 valence electrons. The van der Waals surface area contributed by atoms with Crippen LogP contribution < -0.4 is 21.7 Å². The number of allylic oxidation sites excluding steroid dienone is 1. The number of hydrogen-bond donors (Lipinski definition) is 4. The number of anilines is 2. The first-order valence-corrected chi connectivity index (χ1v) is 11.2. The number of aliphatic imine (C=N–C) groups is 1. The molecule has 0 unspecified atom stereocenters. The van der Waals surface area contributed by atoms with Gasteiger partial charge in [0.2, 0.25) is 5.95 Å². The zero-order valence-corrected chi connectivity index (χ0v) is 17.7. The normalized spacial score (nSPS) is 22.9. The second-order valence-electron chi connectivity index (χ2n) is 8.74. The van der Waals surface area contributed by atoms with E-state index in [1.165, 1.54) is 44.7 Å². The van der Waals surface area contributed by atoms with Crippen LogP contribution in [-0.2, 0) is 0 Å². The minimum Gasteiger partial charge on any atom is -0.403 e. The molecule has 1 aromatic rings. The summed E-state index contributed by atoms with van der Waals surface area (Å²) in [6, 6.07) is 0.403. The number of halogens is 1. The van der Waals surface area contributed by atoms with Crippen LogP contribution in [0, 0.1) is 11.3 Å². The summed E-state index contributed by atoms with van der Waals surface area (Å²) in [6.45, 7) is 3.17. The minimum absolute atomic E-state index is 0.403. The summed E-state index contributed by atoms with van der Waals surface area (Å²) in [5.41, 5.74) is 6.95. The van der Waals surface area contributed by atoms with E-state index < -0.39 is 0 Å². The van der Waals surface area contributed by atoms with Crippen molar-refractivity contribution in [3.8, 4) is 0 Å². The van der Waals surface area contributed by atoms with E-state index in [9.17, 15) is 0 Å². The Morgan fingerprint density at radius 1 is 1.24 bits per heavy atom. The lowest BCUT2D eigenvalue weighted by atomic mass is 9.67. The SMILES string of the molecule is NC=C(C=NCC1CC1)Nc1ncc(Cl)c(NC2CCC3(CCNCC3)CC2)n1. The number of piperidine rings is 1. The molecule has 2 heterocycles. The highest BCUT2D eigenvalue weighted by Gasteiger charge is 2.36. The van der Waals surface area contributed by atoms with Gasteiger partial charge in [-0.15, -0.1) is 0 Å². The Kier molecular flexibility index (Phi) is 6.55. The van der Waals surface area contributed by atoms with E-state index in [-0.39, 0.29) is 0 Å². The van der Waals surface area contributed by atoms with Crippen molar-refractivity contribution in [2.45, 2.75) is 57.4 Å². The predicted molar refractivity (Wildman–Crippen MR) is 119 cm³/mol. The van der Waals surface area contributed by atoms with Gasteiger partial charge in [0.05, 0.1) is 11.9 Å². The average molecular weight is 418 g/mol. The van der Waals surface area contributed by atoms with Gasteiger partial charge in [0, 0.05) is 25.0 Å². The van der Waals surface area contributed by atoms with Crippen LogP contribution in [-0.4, -0.2) is 41.9 Å². The lowest BCUT2D eigenvalue weighted by molar-refractivity contribution is 0.128. The van der Waals surface area contributed by atoms with E-state index in [0.29, 0.717) is 33.9 Å². The van der Waals surface area contributed by atoms with E-state index in [0.717, 1.165) is 38.4 Å². The molecule has 7 nitrogen and oxygen atoms in total. The monoisotopic (exact) mass is 417 g/mol. The Bertz CT molecular complexity index is 743. The number of aromatic nitrogens is 2. The van der Waals surface area contributed by atoms with Gasteiger partial charge in [0.25, 0.3) is 0 Å². The van der Waals surface area contributed by atoms with Crippen molar-refractivity contribution in [3.05, 3.63) is 23.1 Å². The first-order chi connectivity index (χ1) is 14.2. The predicted octanol–water partition coefficient (Wildman–Crippen LogP) is 3.55. The van der Waals surface area contributed by atoms with Crippen molar-refractivity contribution in [1.29, 1.82) is 0 Å². The van der Waals surface area contributed by atoms with Crippen LogP contribution in [0.1, 0.15) is 51.4 Å². The molecule has 1 saturated heterocycles. The average Bonchev–Trinajstić information content (AvgIpc) is 3.56. The first-order valence-electron chi connectivity index (χ1n) is 10.8. The van der Waals surface area contributed by atoms with Crippen molar-refractivity contribution in [1.82, 2.24) is 15.3 Å². The Labute approximate surface area is 178 Å². The molecule has 1 aliphatic heterocycles. The fourth-order valence-electron chi connectivity index (χ4n) is 4.40. The Morgan fingerprint density at radius 3 is 2.69 bits per heavy atom. The van der Waals surface area contributed by atoms with E-state index >= 15 is 0 Å². The number of rotatable bonds is 7. The summed E-state index contributed by atoms with van der Waals surface area (Å²) in [4.78, 5) is 13.3. The second-order valence-corrected chi connectivity index (χ2v) is 9.15. The highest BCUT2D eigenvalue weighted by atomic mass is 35.5. The molecule has 0 radical (unpaired) electrons. The van der Waals surface area contributed by atoms with E-state index in [1.807, 2.05) is 0 Å². The summed E-state index contributed by atoms with van der Waals surface area (Å²) in [5.74, 6) is 1.89. The maximum absolute atomic E-state index is 6.36. The molecule has 0 aromatic carbocycles. The van der Waals surface area contributed by atoms with E-state index in [1.54, 1.807) is 12.4 Å². The molecule has 2 aliphatic carbocycles. The van der Waals surface area contributed by atoms with Gasteiger partial charge >= 0.3 is 0 Å². The van der Waals surface area contributed by atoms with Crippen LogP contribution >= 0.6 is 11.6 Å². The molecular weight excluding hydrogens is 386 g/mol. The van der Waals surface area contributed by atoms with Crippen molar-refractivity contribution < 1.29 is 0 Å². The molecule has 4 rings (SSSR count). The molecule has 0 bridgehead atoms. The van der Waals surface area contributed by atoms with Crippen LogP contribution in [0.25, 0.3) is 0 Å². The van der Waals surface area contributed by atoms with Gasteiger partial charge < -0.3 is 21.7 Å². The second kappa shape index (κ2) is 9.30. The van der Waals surface area contributed by atoms with Crippen LogP contribution in [0.4, 0.5) is 11.8 Å². The number of nitrogens with zero attached hydrogens (tertiary/aromatic N) is 3. The fourth-order valence-corrected chi connectivity index (χ4v) is 4.55. The summed E-state index contributed by atoms with van der Waals surface area (Å²) in [7, 11) is 0. The van der Waals surface area contributed by atoms with Crippen molar-refractivity contribution >= 4 is 29.6 Å². The molecule has 3 aliphatic rings. The maximum atomic E-state index is 6.36. The number of hydrogen-bond acceptors (Lipinski definition) is 7. The molecule has 0 atom stereocenters. The molecule has 8 heteroatoms. The topological polar surface area (TPSA) is 100 Å². The van der Waals surface area contributed by atoms with Gasteiger partial charge in [-0.2, -0.15) is 4.98 Å². The lowest BCUT2D eigenvalue weighted by Crippen LogP contribution is -2.41. The summed E-state index contributed by atoms with van der Waals surface area (Å²) < 4.78 is 0. The molecule has 3 fully saturated rings. The van der Waals surface area contributed by atoms with E-state index in [2.05, 4.69) is 30.9 Å². The van der Waals surface area contributed by atoms with Gasteiger partial charge in [-0.3, -0.25) is 4.99 Å². The van der Waals surface area contributed by atoms with Gasteiger partial charge in [-0.25, -0.2) is 4.98 Å². The molecule has 0 amide bonds. The zero-order chi connectivity index (χ0) is 20.1. The highest BCUT2D eigenvalue weighted by Crippen LogP contribution is 2.43. The van der Waals surface area contributed by atoms with Gasteiger partial charge in [-0.05, 0) is 75.8 Å². The zero-order valence-electron chi connectivity index (χ0n) is 17.0. The van der Waals surface area contributed by atoms with Crippen molar-refractivity contribution in [3.63, 3.8) is 0 Å². The van der Waals surface area contributed by atoms with Gasteiger partial charge in [0.1, 0.15) is 5.02 Å². The molecular formula is C21H32ClN7. The molecule has 1 aromatic heterocycles.